The molecule has 0 unspecified atom stereocenters. The highest BCUT2D eigenvalue weighted by Crippen LogP contribution is 2.38. The third-order valence-corrected chi connectivity index (χ3v) is 7.57. The average Bonchev–Trinajstić information content (AvgIpc) is 3.66. The van der Waals surface area contributed by atoms with Crippen LogP contribution in [0.5, 0.6) is 0 Å². The summed E-state index contributed by atoms with van der Waals surface area (Å²) in [4.78, 5) is 4.45. The molecule has 3 atom stereocenters. The zero-order valence-corrected chi connectivity index (χ0v) is 21.4. The molecule has 38 heavy (non-hydrogen) atoms. The van der Waals surface area contributed by atoms with Crippen molar-refractivity contribution >= 4 is 33.9 Å². The SMILES string of the molecule is [2H][C@@](Nc1cc(Cl)c2ncc(C#N)c(N[C@@H]3CCCC[C@@H]3N)c2c1)(c1ccc(F)cc1)c1cn(C2CC2)nn1. The van der Waals surface area contributed by atoms with Crippen LogP contribution in [0.1, 0.15) is 68.8 Å². The molecular formula is C28H28ClFN8. The number of nitrogens with zero attached hydrogens (tertiary/aromatic N) is 5. The van der Waals surface area contributed by atoms with E-state index in [1.54, 1.807) is 29.1 Å². The topological polar surface area (TPSA) is 117 Å². The molecule has 194 valence electrons. The Labute approximate surface area is 226 Å². The van der Waals surface area contributed by atoms with E-state index in [9.17, 15) is 11.0 Å². The first-order chi connectivity index (χ1) is 18.9. The molecule has 0 radical (unpaired) electrons. The van der Waals surface area contributed by atoms with Crippen molar-refractivity contribution in [1.82, 2.24) is 20.0 Å². The van der Waals surface area contributed by atoms with Crippen LogP contribution < -0.4 is 16.4 Å². The van der Waals surface area contributed by atoms with E-state index in [0.717, 1.165) is 38.5 Å². The van der Waals surface area contributed by atoms with Crippen molar-refractivity contribution in [3.05, 3.63) is 76.5 Å². The van der Waals surface area contributed by atoms with Crippen molar-refractivity contribution in [2.45, 2.75) is 62.7 Å². The molecule has 0 saturated heterocycles. The van der Waals surface area contributed by atoms with Gasteiger partial charge in [0.05, 0.1) is 41.4 Å². The van der Waals surface area contributed by atoms with Crippen molar-refractivity contribution in [2.24, 2.45) is 5.73 Å². The van der Waals surface area contributed by atoms with Gasteiger partial charge in [-0.05, 0) is 55.5 Å². The van der Waals surface area contributed by atoms with Crippen molar-refractivity contribution < 1.29 is 5.76 Å². The van der Waals surface area contributed by atoms with E-state index in [4.69, 9.17) is 17.3 Å². The van der Waals surface area contributed by atoms with Gasteiger partial charge in [-0.15, -0.1) is 5.10 Å². The molecule has 2 fully saturated rings. The van der Waals surface area contributed by atoms with Crippen molar-refractivity contribution in [1.29, 1.82) is 5.26 Å². The van der Waals surface area contributed by atoms with Crippen LogP contribution >= 0.6 is 11.6 Å². The van der Waals surface area contributed by atoms with Crippen LogP contribution in [0.3, 0.4) is 0 Å². The number of hydrogen-bond acceptors (Lipinski definition) is 7. The summed E-state index contributed by atoms with van der Waals surface area (Å²) in [5.74, 6) is -0.400. The van der Waals surface area contributed by atoms with Gasteiger partial charge in [0.2, 0.25) is 0 Å². The number of fused-ring (bicyclic) bond motifs is 1. The molecule has 2 heterocycles. The minimum atomic E-state index is -1.60. The second-order valence-electron chi connectivity index (χ2n) is 10.0. The van der Waals surface area contributed by atoms with Crippen LogP contribution in [-0.4, -0.2) is 32.1 Å². The Kier molecular flexibility index (Phi) is 6.27. The number of anilines is 2. The number of aromatic nitrogens is 4. The normalized spacial score (nSPS) is 21.4. The number of pyridine rings is 1. The van der Waals surface area contributed by atoms with Crippen LogP contribution in [-0.2, 0) is 0 Å². The summed E-state index contributed by atoms with van der Waals surface area (Å²) < 4.78 is 25.1. The van der Waals surface area contributed by atoms with Gasteiger partial charge in [0.1, 0.15) is 17.6 Å². The maximum Gasteiger partial charge on any atom is 0.123 e. The van der Waals surface area contributed by atoms with E-state index < -0.39 is 11.8 Å². The molecule has 0 bridgehead atoms. The van der Waals surface area contributed by atoms with E-state index in [2.05, 4.69) is 32.0 Å². The molecule has 2 aliphatic rings. The number of benzene rings is 2. The monoisotopic (exact) mass is 531 g/mol. The maximum atomic E-state index is 13.8. The summed E-state index contributed by atoms with van der Waals surface area (Å²) in [5, 5.41) is 26.2. The molecule has 4 aromatic rings. The Morgan fingerprint density at radius 2 is 1.97 bits per heavy atom. The van der Waals surface area contributed by atoms with Gasteiger partial charge < -0.3 is 16.4 Å². The minimum absolute atomic E-state index is 0.0128. The van der Waals surface area contributed by atoms with Crippen LogP contribution in [0, 0.1) is 17.1 Å². The van der Waals surface area contributed by atoms with E-state index in [0.29, 0.717) is 44.1 Å². The highest BCUT2D eigenvalue weighted by molar-refractivity contribution is 6.35. The van der Waals surface area contributed by atoms with E-state index >= 15 is 0 Å². The molecule has 0 aliphatic heterocycles. The second-order valence-corrected chi connectivity index (χ2v) is 10.4. The molecular weight excluding hydrogens is 503 g/mol. The number of nitriles is 1. The Morgan fingerprint density at radius 3 is 2.71 bits per heavy atom. The first-order valence-corrected chi connectivity index (χ1v) is 13.2. The summed E-state index contributed by atoms with van der Waals surface area (Å²) in [5.41, 5.74) is 9.31. The van der Waals surface area contributed by atoms with E-state index in [1.165, 1.54) is 18.3 Å². The van der Waals surface area contributed by atoms with E-state index in [1.807, 2.05) is 6.07 Å². The number of nitrogens with one attached hydrogen (secondary N) is 2. The molecule has 10 heteroatoms. The van der Waals surface area contributed by atoms with Gasteiger partial charge in [0, 0.05) is 29.4 Å². The fourth-order valence-corrected chi connectivity index (χ4v) is 5.32. The molecule has 4 N–H and O–H groups in total. The summed E-state index contributed by atoms with van der Waals surface area (Å²) in [6.45, 7) is 0. The lowest BCUT2D eigenvalue weighted by Gasteiger charge is -2.31. The number of hydrogen-bond donors (Lipinski definition) is 3. The smallest absolute Gasteiger partial charge is 0.123 e. The summed E-state index contributed by atoms with van der Waals surface area (Å²) in [6, 6.07) is 10.2. The highest BCUT2D eigenvalue weighted by Gasteiger charge is 2.28. The summed E-state index contributed by atoms with van der Waals surface area (Å²) in [7, 11) is 0. The third-order valence-electron chi connectivity index (χ3n) is 7.28. The molecule has 2 aliphatic carbocycles. The Hall–Kier alpha value is -3.74. The van der Waals surface area contributed by atoms with Crippen molar-refractivity contribution in [3.63, 3.8) is 0 Å². The van der Waals surface area contributed by atoms with E-state index in [-0.39, 0.29) is 18.1 Å². The highest BCUT2D eigenvalue weighted by atomic mass is 35.5. The Morgan fingerprint density at radius 1 is 1.18 bits per heavy atom. The molecule has 0 spiro atoms. The zero-order valence-electron chi connectivity index (χ0n) is 21.7. The van der Waals surface area contributed by atoms with Gasteiger partial charge in [0.15, 0.2) is 0 Å². The van der Waals surface area contributed by atoms with Crippen LogP contribution in [0.25, 0.3) is 10.9 Å². The predicted molar refractivity (Wildman–Crippen MR) is 145 cm³/mol. The van der Waals surface area contributed by atoms with Crippen LogP contribution in [0.15, 0.2) is 48.8 Å². The lowest BCUT2D eigenvalue weighted by atomic mass is 9.90. The van der Waals surface area contributed by atoms with Gasteiger partial charge in [-0.1, -0.05) is 41.8 Å². The van der Waals surface area contributed by atoms with Gasteiger partial charge in [-0.2, -0.15) is 5.26 Å². The zero-order chi connectivity index (χ0) is 27.1. The van der Waals surface area contributed by atoms with Gasteiger partial charge in [-0.3, -0.25) is 4.98 Å². The molecule has 0 amide bonds. The predicted octanol–water partition coefficient (Wildman–Crippen LogP) is 5.71. The first kappa shape index (κ1) is 23.4. The average molecular weight is 532 g/mol. The fourth-order valence-electron chi connectivity index (χ4n) is 5.05. The fraction of sp³-hybridized carbons (Fsp3) is 0.357. The maximum absolute atomic E-state index is 13.8. The second kappa shape index (κ2) is 10.2. The molecule has 2 aromatic carbocycles. The first-order valence-electron chi connectivity index (χ1n) is 13.4. The summed E-state index contributed by atoms with van der Waals surface area (Å²) in [6.07, 6.45) is 9.28. The van der Waals surface area contributed by atoms with Gasteiger partial charge in [0.25, 0.3) is 0 Å². The molecule has 2 saturated carbocycles. The number of rotatable bonds is 7. The molecule has 6 rings (SSSR count). The van der Waals surface area contributed by atoms with Gasteiger partial charge >= 0.3 is 0 Å². The summed E-state index contributed by atoms with van der Waals surface area (Å²) >= 11 is 6.72. The van der Waals surface area contributed by atoms with Crippen LogP contribution in [0.2, 0.25) is 5.02 Å². The standard InChI is InChI=1S/C28H28ClFN8/c29-22-12-19(11-21-26(17(13-31)14-33-28(21)22)35-24-4-2-1-3-23(24)32)34-27(16-5-7-18(30)8-6-16)25-15-38(37-36-25)20-9-10-20/h5-8,11-12,14-15,20,23-24,27,34H,1-4,9-10,32H2,(H,33,35)/t23-,24+,27+/m0/s1/i27D. The largest absolute Gasteiger partial charge is 0.379 e. The van der Waals surface area contributed by atoms with Crippen molar-refractivity contribution in [2.75, 3.05) is 10.6 Å². The third kappa shape index (κ3) is 4.89. The lowest BCUT2D eigenvalue weighted by molar-refractivity contribution is 0.404. The Bertz CT molecular complexity index is 1560. The number of halogens is 2. The molecule has 8 nitrogen and oxygen atoms in total. The molecule has 2 aromatic heterocycles. The number of nitrogens with two attached hydrogens (primary N) is 1. The lowest BCUT2D eigenvalue weighted by Crippen LogP contribution is -2.42. The van der Waals surface area contributed by atoms with Crippen LogP contribution in [0.4, 0.5) is 15.8 Å². The quantitative estimate of drug-likeness (QED) is 0.279. The van der Waals surface area contributed by atoms with Crippen molar-refractivity contribution in [3.8, 4) is 6.07 Å². The Balaban J connectivity index is 1.45. The minimum Gasteiger partial charge on any atom is -0.379 e. The van der Waals surface area contributed by atoms with Gasteiger partial charge in [-0.25, -0.2) is 9.07 Å².